The molecule has 2 aromatic rings. The van der Waals surface area contributed by atoms with E-state index in [1.165, 1.54) is 0 Å². The zero-order valence-electron chi connectivity index (χ0n) is 9.87. The van der Waals surface area contributed by atoms with Crippen LogP contribution in [0.15, 0.2) is 29.2 Å². The van der Waals surface area contributed by atoms with Gasteiger partial charge in [-0.25, -0.2) is 0 Å². The molecule has 0 heterocycles. The molecule has 0 aliphatic heterocycles. The third-order valence-corrected chi connectivity index (χ3v) is 3.88. The summed E-state index contributed by atoms with van der Waals surface area (Å²) >= 11 is 0. The number of hydrogen-bond donors (Lipinski definition) is 4. The molecule has 0 radical (unpaired) electrons. The molecule has 2 aromatic carbocycles. The monoisotopic (exact) mass is 283 g/mol. The number of fused-ring (bicyclic) bond motifs is 1. The highest BCUT2D eigenvalue weighted by Crippen LogP contribution is 2.39. The van der Waals surface area contributed by atoms with Crippen LogP contribution in [-0.2, 0) is 16.5 Å². The number of benzene rings is 2. The number of aliphatic hydroxyl groups excluding tert-OH is 1. The van der Waals surface area contributed by atoms with E-state index in [2.05, 4.69) is 0 Å². The summed E-state index contributed by atoms with van der Waals surface area (Å²) in [5.41, 5.74) is 5.37. The lowest BCUT2D eigenvalue weighted by Gasteiger charge is -2.15. The van der Waals surface area contributed by atoms with E-state index in [0.717, 1.165) is 0 Å². The van der Waals surface area contributed by atoms with Gasteiger partial charge in [-0.1, -0.05) is 24.3 Å². The Hall–Kier alpha value is -1.83. The first kappa shape index (κ1) is 13.6. The van der Waals surface area contributed by atoms with E-state index in [4.69, 9.17) is 10.8 Å². The van der Waals surface area contributed by atoms with Gasteiger partial charge >= 0.3 is 0 Å². The molecule has 0 spiro atoms. The van der Waals surface area contributed by atoms with Gasteiger partial charge in [0.15, 0.2) is 0 Å². The molecular formula is C12H13NO5S. The molecule has 0 aliphatic carbocycles. The zero-order chi connectivity index (χ0) is 14.2. The second-order valence-corrected chi connectivity index (χ2v) is 5.42. The van der Waals surface area contributed by atoms with Crippen molar-refractivity contribution in [1.29, 1.82) is 0 Å². The van der Waals surface area contributed by atoms with Gasteiger partial charge in [-0.3, -0.25) is 4.55 Å². The summed E-state index contributed by atoms with van der Waals surface area (Å²) in [6.07, 6.45) is 0.000116. The van der Waals surface area contributed by atoms with Crippen LogP contribution in [0.3, 0.4) is 0 Å². The number of phenolic OH excluding ortho intramolecular Hbond substituents is 1. The van der Waals surface area contributed by atoms with Crippen LogP contribution in [-0.4, -0.2) is 29.8 Å². The van der Waals surface area contributed by atoms with E-state index in [-0.39, 0.29) is 18.6 Å². The minimum absolute atomic E-state index is 0.000116. The van der Waals surface area contributed by atoms with Gasteiger partial charge in [-0.15, -0.1) is 0 Å². The number of anilines is 1. The van der Waals surface area contributed by atoms with Crippen LogP contribution in [0.25, 0.3) is 10.8 Å². The number of nitrogen functional groups attached to an aromatic ring is 1. The van der Waals surface area contributed by atoms with Gasteiger partial charge in [-0.05, 0) is 17.4 Å². The maximum atomic E-state index is 11.4. The molecule has 0 unspecified atom stereocenters. The summed E-state index contributed by atoms with van der Waals surface area (Å²) in [6.45, 7) is -0.309. The highest BCUT2D eigenvalue weighted by atomic mass is 32.2. The second kappa shape index (κ2) is 4.69. The van der Waals surface area contributed by atoms with Crippen LogP contribution in [0, 0.1) is 0 Å². The van der Waals surface area contributed by atoms with E-state index >= 15 is 0 Å². The maximum Gasteiger partial charge on any atom is 0.297 e. The van der Waals surface area contributed by atoms with E-state index in [1.807, 2.05) is 0 Å². The van der Waals surface area contributed by atoms with E-state index in [1.54, 1.807) is 24.3 Å². The predicted octanol–water partition coefficient (Wildman–Crippen LogP) is 0.909. The molecule has 0 fully saturated rings. The topological polar surface area (TPSA) is 121 Å². The molecule has 2 rings (SSSR count). The SMILES string of the molecule is Nc1c(S(=O)(=O)O)c(CCO)c2ccccc2c1O. The minimum Gasteiger partial charge on any atom is -0.505 e. The van der Waals surface area contributed by atoms with Crippen molar-refractivity contribution in [3.8, 4) is 5.75 Å². The smallest absolute Gasteiger partial charge is 0.297 e. The Morgan fingerprint density at radius 2 is 1.74 bits per heavy atom. The van der Waals surface area contributed by atoms with Gasteiger partial charge < -0.3 is 15.9 Å². The highest BCUT2D eigenvalue weighted by Gasteiger charge is 2.25. The van der Waals surface area contributed by atoms with Crippen molar-refractivity contribution in [2.75, 3.05) is 12.3 Å². The van der Waals surface area contributed by atoms with Gasteiger partial charge in [0.25, 0.3) is 10.1 Å². The van der Waals surface area contributed by atoms with Crippen molar-refractivity contribution >= 4 is 26.6 Å². The van der Waals surface area contributed by atoms with Gasteiger partial charge in [-0.2, -0.15) is 8.42 Å². The average Bonchev–Trinajstić information content (AvgIpc) is 2.34. The fourth-order valence-corrected chi connectivity index (χ4v) is 3.04. The molecule has 0 amide bonds. The lowest BCUT2D eigenvalue weighted by atomic mass is 10.00. The normalized spacial score (nSPS) is 11.9. The first-order chi connectivity index (χ1) is 8.88. The fraction of sp³-hybridized carbons (Fsp3) is 0.167. The molecule has 0 aromatic heterocycles. The van der Waals surface area contributed by atoms with Crippen LogP contribution < -0.4 is 5.73 Å². The zero-order valence-corrected chi connectivity index (χ0v) is 10.7. The summed E-state index contributed by atoms with van der Waals surface area (Å²) in [4.78, 5) is -0.544. The van der Waals surface area contributed by atoms with E-state index in [9.17, 15) is 18.1 Å². The van der Waals surface area contributed by atoms with Gasteiger partial charge in [0.2, 0.25) is 0 Å². The molecule has 102 valence electrons. The molecule has 19 heavy (non-hydrogen) atoms. The van der Waals surface area contributed by atoms with Crippen LogP contribution in [0.5, 0.6) is 5.75 Å². The molecule has 7 heteroatoms. The van der Waals surface area contributed by atoms with Crippen molar-refractivity contribution in [3.63, 3.8) is 0 Å². The molecule has 0 saturated carbocycles. The Morgan fingerprint density at radius 1 is 1.16 bits per heavy atom. The molecule has 0 bridgehead atoms. The fourth-order valence-electron chi connectivity index (χ4n) is 2.14. The standard InChI is InChI=1S/C12H13NO5S/c13-10-11(15)8-4-2-1-3-7(8)9(5-6-14)12(10)19(16,17)18/h1-4,14-15H,5-6,13H2,(H,16,17,18). The van der Waals surface area contributed by atoms with Crippen LogP contribution in [0.4, 0.5) is 5.69 Å². The number of aliphatic hydroxyl groups is 1. The number of aromatic hydroxyl groups is 1. The van der Waals surface area contributed by atoms with Gasteiger partial charge in [0.05, 0.1) is 5.69 Å². The summed E-state index contributed by atoms with van der Waals surface area (Å²) in [6, 6.07) is 6.49. The predicted molar refractivity (Wildman–Crippen MR) is 70.6 cm³/mol. The van der Waals surface area contributed by atoms with E-state index < -0.39 is 26.5 Å². The Labute approximate surface area is 109 Å². The van der Waals surface area contributed by atoms with E-state index in [0.29, 0.717) is 10.8 Å². The Bertz CT molecular complexity index is 739. The Balaban J connectivity index is 3.02. The summed E-state index contributed by atoms with van der Waals surface area (Å²) in [5.74, 6) is -0.398. The average molecular weight is 283 g/mol. The van der Waals surface area contributed by atoms with Crippen molar-refractivity contribution in [1.82, 2.24) is 0 Å². The Kier molecular flexibility index (Phi) is 3.36. The number of rotatable bonds is 3. The first-order valence-electron chi connectivity index (χ1n) is 5.48. The van der Waals surface area contributed by atoms with Crippen LogP contribution in [0.2, 0.25) is 0 Å². The number of nitrogens with two attached hydrogens (primary N) is 1. The summed E-state index contributed by atoms with van der Waals surface area (Å²) in [7, 11) is -4.60. The molecule has 0 aliphatic rings. The lowest BCUT2D eigenvalue weighted by molar-refractivity contribution is 0.299. The summed E-state index contributed by atoms with van der Waals surface area (Å²) in [5, 5.41) is 19.8. The number of phenols is 1. The lowest BCUT2D eigenvalue weighted by Crippen LogP contribution is -2.10. The maximum absolute atomic E-state index is 11.4. The number of hydrogen-bond acceptors (Lipinski definition) is 5. The summed E-state index contributed by atoms with van der Waals surface area (Å²) < 4.78 is 32.1. The van der Waals surface area contributed by atoms with Crippen LogP contribution >= 0.6 is 0 Å². The van der Waals surface area contributed by atoms with Crippen molar-refractivity contribution < 1.29 is 23.2 Å². The highest BCUT2D eigenvalue weighted by molar-refractivity contribution is 7.86. The van der Waals surface area contributed by atoms with Gasteiger partial charge in [0.1, 0.15) is 10.6 Å². The Morgan fingerprint density at radius 3 is 2.26 bits per heavy atom. The molecule has 5 N–H and O–H groups in total. The van der Waals surface area contributed by atoms with Crippen LogP contribution in [0.1, 0.15) is 5.56 Å². The molecule has 0 saturated heterocycles. The van der Waals surface area contributed by atoms with Crippen molar-refractivity contribution in [3.05, 3.63) is 29.8 Å². The van der Waals surface area contributed by atoms with Crippen molar-refractivity contribution in [2.24, 2.45) is 0 Å². The third-order valence-electron chi connectivity index (χ3n) is 2.90. The van der Waals surface area contributed by atoms with Gasteiger partial charge in [0, 0.05) is 12.0 Å². The van der Waals surface area contributed by atoms with Crippen molar-refractivity contribution in [2.45, 2.75) is 11.3 Å². The molecule has 6 nitrogen and oxygen atoms in total. The second-order valence-electron chi connectivity index (χ2n) is 4.06. The quantitative estimate of drug-likeness (QED) is 0.377. The third kappa shape index (κ3) is 2.23. The minimum atomic E-state index is -4.60. The first-order valence-corrected chi connectivity index (χ1v) is 6.92. The molecular weight excluding hydrogens is 270 g/mol. The largest absolute Gasteiger partial charge is 0.505 e. The molecule has 0 atom stereocenters.